The number of hydrogen-bond acceptors (Lipinski definition) is 3. The molecule has 1 aliphatic carbocycles. The van der Waals surface area contributed by atoms with Gasteiger partial charge in [0, 0.05) is 18.6 Å². The number of carboxylic acid groups (broad SMARTS) is 1. The number of hydrogen-bond donors (Lipinski definition) is 2. The van der Waals surface area contributed by atoms with Crippen molar-refractivity contribution in [1.29, 1.82) is 0 Å². The molecular formula is C13H20N2O3. The van der Waals surface area contributed by atoms with Crippen LogP contribution in [0.1, 0.15) is 38.5 Å². The van der Waals surface area contributed by atoms with Crippen molar-refractivity contribution in [2.75, 3.05) is 6.54 Å². The summed E-state index contributed by atoms with van der Waals surface area (Å²) in [5.41, 5.74) is 5.41. The Morgan fingerprint density at radius 1 is 1.33 bits per heavy atom. The van der Waals surface area contributed by atoms with Gasteiger partial charge in [-0.25, -0.2) is 0 Å². The summed E-state index contributed by atoms with van der Waals surface area (Å²) in [6.07, 6.45) is 5.24. The second-order valence-electron chi connectivity index (χ2n) is 6.03. The Bertz CT molecular complexity index is 386. The van der Waals surface area contributed by atoms with Crippen LogP contribution in [0.3, 0.4) is 0 Å². The van der Waals surface area contributed by atoms with E-state index >= 15 is 0 Å². The minimum Gasteiger partial charge on any atom is -0.481 e. The van der Waals surface area contributed by atoms with E-state index < -0.39 is 5.97 Å². The van der Waals surface area contributed by atoms with Crippen LogP contribution in [0.2, 0.25) is 0 Å². The lowest BCUT2D eigenvalue weighted by molar-refractivity contribution is -0.149. The Kier molecular flexibility index (Phi) is 2.62. The van der Waals surface area contributed by atoms with E-state index in [0.717, 1.165) is 32.1 Å². The number of nitrogens with two attached hydrogens (primary N) is 1. The van der Waals surface area contributed by atoms with Crippen molar-refractivity contribution >= 4 is 11.9 Å². The molecule has 2 aliphatic heterocycles. The second-order valence-corrected chi connectivity index (χ2v) is 6.03. The molecule has 2 heterocycles. The molecule has 1 amide bonds. The van der Waals surface area contributed by atoms with E-state index in [1.165, 1.54) is 0 Å². The Labute approximate surface area is 106 Å². The molecule has 3 N–H and O–H groups in total. The van der Waals surface area contributed by atoms with E-state index in [2.05, 4.69) is 0 Å². The predicted molar refractivity (Wildman–Crippen MR) is 64.7 cm³/mol. The fraction of sp³-hybridized carbons (Fsp3) is 0.846. The standard InChI is InChI=1S/C13H20N2O3/c14-7-13(4-1-5-13)12(18)15-8-2-3-10(15)9(6-8)11(16)17/h8-10H,1-7,14H2,(H,16,17). The van der Waals surface area contributed by atoms with Crippen molar-refractivity contribution in [1.82, 2.24) is 4.90 Å². The number of nitrogens with zero attached hydrogens (tertiary/aromatic N) is 1. The molecular weight excluding hydrogens is 232 g/mol. The van der Waals surface area contributed by atoms with E-state index in [4.69, 9.17) is 5.73 Å². The Balaban J connectivity index is 1.81. The average molecular weight is 252 g/mol. The first-order valence-corrected chi connectivity index (χ1v) is 6.85. The van der Waals surface area contributed by atoms with Gasteiger partial charge in [0.05, 0.1) is 11.3 Å². The highest BCUT2D eigenvalue weighted by molar-refractivity contribution is 5.86. The molecule has 1 saturated carbocycles. The highest BCUT2D eigenvalue weighted by atomic mass is 16.4. The van der Waals surface area contributed by atoms with Crippen molar-refractivity contribution in [3.63, 3.8) is 0 Å². The Morgan fingerprint density at radius 3 is 2.50 bits per heavy atom. The van der Waals surface area contributed by atoms with Crippen LogP contribution in [-0.4, -0.2) is 40.5 Å². The smallest absolute Gasteiger partial charge is 0.308 e. The third-order valence-electron chi connectivity index (χ3n) is 5.24. The molecule has 3 rings (SSSR count). The zero-order chi connectivity index (χ0) is 12.9. The molecule has 0 aromatic rings. The van der Waals surface area contributed by atoms with Crippen LogP contribution < -0.4 is 5.73 Å². The zero-order valence-corrected chi connectivity index (χ0v) is 10.5. The highest BCUT2D eigenvalue weighted by Crippen LogP contribution is 2.48. The molecule has 2 bridgehead atoms. The van der Waals surface area contributed by atoms with Gasteiger partial charge in [-0.15, -0.1) is 0 Å². The summed E-state index contributed by atoms with van der Waals surface area (Å²) in [6, 6.07) is 0.0663. The number of aliphatic carboxylic acids is 1. The van der Waals surface area contributed by atoms with Crippen molar-refractivity contribution in [3.05, 3.63) is 0 Å². The molecule has 100 valence electrons. The first-order valence-electron chi connectivity index (χ1n) is 6.85. The lowest BCUT2D eigenvalue weighted by Gasteiger charge is -2.43. The van der Waals surface area contributed by atoms with Gasteiger partial charge in [0.2, 0.25) is 5.91 Å². The monoisotopic (exact) mass is 252 g/mol. The van der Waals surface area contributed by atoms with Crippen LogP contribution in [0.4, 0.5) is 0 Å². The van der Waals surface area contributed by atoms with Gasteiger partial charge in [-0.05, 0) is 32.1 Å². The number of fused-ring (bicyclic) bond motifs is 2. The van der Waals surface area contributed by atoms with Crippen molar-refractivity contribution in [2.24, 2.45) is 17.1 Å². The molecule has 2 saturated heterocycles. The minimum absolute atomic E-state index is 0.0796. The maximum absolute atomic E-state index is 12.7. The van der Waals surface area contributed by atoms with Gasteiger partial charge in [0.1, 0.15) is 0 Å². The van der Waals surface area contributed by atoms with Crippen LogP contribution in [0.15, 0.2) is 0 Å². The Morgan fingerprint density at radius 2 is 2.06 bits per heavy atom. The third kappa shape index (κ3) is 1.43. The van der Waals surface area contributed by atoms with Gasteiger partial charge in [0.15, 0.2) is 0 Å². The summed E-state index contributed by atoms with van der Waals surface area (Å²) >= 11 is 0. The van der Waals surface area contributed by atoms with Gasteiger partial charge in [-0.1, -0.05) is 6.42 Å². The lowest BCUT2D eigenvalue weighted by Crippen LogP contribution is -2.53. The van der Waals surface area contributed by atoms with Gasteiger partial charge in [-0.3, -0.25) is 9.59 Å². The molecule has 18 heavy (non-hydrogen) atoms. The number of carbonyl (C=O) groups is 2. The summed E-state index contributed by atoms with van der Waals surface area (Å²) in [7, 11) is 0. The molecule has 5 nitrogen and oxygen atoms in total. The molecule has 0 radical (unpaired) electrons. The number of carboxylic acids is 1. The molecule has 3 atom stereocenters. The maximum atomic E-state index is 12.7. The van der Waals surface area contributed by atoms with Crippen LogP contribution in [-0.2, 0) is 9.59 Å². The topological polar surface area (TPSA) is 83.6 Å². The van der Waals surface area contributed by atoms with Crippen molar-refractivity contribution in [3.8, 4) is 0 Å². The fourth-order valence-corrected chi connectivity index (χ4v) is 3.95. The average Bonchev–Trinajstić information content (AvgIpc) is 2.84. The van der Waals surface area contributed by atoms with E-state index in [-0.39, 0.29) is 29.3 Å². The predicted octanol–water partition coefficient (Wildman–Crippen LogP) is 0.579. The molecule has 0 aromatic carbocycles. The van der Waals surface area contributed by atoms with Crippen LogP contribution in [0.25, 0.3) is 0 Å². The summed E-state index contributed by atoms with van der Waals surface area (Å²) in [5.74, 6) is -0.981. The van der Waals surface area contributed by atoms with Crippen LogP contribution in [0.5, 0.6) is 0 Å². The molecule has 3 fully saturated rings. The molecule has 0 spiro atoms. The number of carbonyl (C=O) groups excluding carboxylic acids is 1. The van der Waals surface area contributed by atoms with Gasteiger partial charge >= 0.3 is 5.97 Å². The molecule has 3 unspecified atom stereocenters. The van der Waals surface area contributed by atoms with Gasteiger partial charge in [0.25, 0.3) is 0 Å². The maximum Gasteiger partial charge on any atom is 0.308 e. The summed E-state index contributed by atoms with van der Waals surface area (Å²) in [6.45, 7) is 0.402. The van der Waals surface area contributed by atoms with E-state index in [0.29, 0.717) is 13.0 Å². The molecule has 5 heteroatoms. The molecule has 0 aromatic heterocycles. The first kappa shape index (κ1) is 12.0. The number of amides is 1. The van der Waals surface area contributed by atoms with Crippen molar-refractivity contribution in [2.45, 2.75) is 50.6 Å². The number of rotatable bonds is 3. The van der Waals surface area contributed by atoms with E-state index in [1.807, 2.05) is 4.90 Å². The second kappa shape index (κ2) is 3.95. The SMILES string of the molecule is NCC1(C(=O)N2C3CCC2C(C(=O)O)C3)CCC1. The Hall–Kier alpha value is -1.10. The van der Waals surface area contributed by atoms with Gasteiger partial charge in [-0.2, -0.15) is 0 Å². The highest BCUT2D eigenvalue weighted by Gasteiger charge is 2.56. The van der Waals surface area contributed by atoms with Gasteiger partial charge < -0.3 is 15.7 Å². The van der Waals surface area contributed by atoms with E-state index in [1.54, 1.807) is 0 Å². The fourth-order valence-electron chi connectivity index (χ4n) is 3.95. The summed E-state index contributed by atoms with van der Waals surface area (Å²) in [5, 5.41) is 9.20. The molecule has 3 aliphatic rings. The van der Waals surface area contributed by atoms with E-state index in [9.17, 15) is 14.7 Å². The first-order chi connectivity index (χ1) is 8.59. The van der Waals surface area contributed by atoms with Crippen LogP contribution >= 0.6 is 0 Å². The third-order valence-corrected chi connectivity index (χ3v) is 5.24. The largest absolute Gasteiger partial charge is 0.481 e. The summed E-state index contributed by atoms with van der Waals surface area (Å²) in [4.78, 5) is 25.7. The quantitative estimate of drug-likeness (QED) is 0.769. The van der Waals surface area contributed by atoms with Crippen LogP contribution in [0, 0.1) is 11.3 Å². The minimum atomic E-state index is -0.754. The zero-order valence-electron chi connectivity index (χ0n) is 10.5. The summed E-state index contributed by atoms with van der Waals surface area (Å²) < 4.78 is 0. The lowest BCUT2D eigenvalue weighted by atomic mass is 9.67. The van der Waals surface area contributed by atoms with Crippen molar-refractivity contribution < 1.29 is 14.7 Å². The normalized spacial score (nSPS) is 36.5.